The molecule has 2 atom stereocenters. The summed E-state index contributed by atoms with van der Waals surface area (Å²) in [6.45, 7) is 2.88. The van der Waals surface area contributed by atoms with E-state index in [0.717, 1.165) is 41.8 Å². The molecule has 192 valence electrons. The maximum atomic E-state index is 12.4. The van der Waals surface area contributed by atoms with Crippen LogP contribution in [0.5, 0.6) is 0 Å². The molecule has 2 fully saturated rings. The second kappa shape index (κ2) is 14.1. The molecule has 1 aliphatic carbocycles. The zero-order valence-electron chi connectivity index (χ0n) is 20.2. The summed E-state index contributed by atoms with van der Waals surface area (Å²) in [5, 5.41) is 19.9. The number of hydrogen-bond acceptors (Lipinski definition) is 6. The van der Waals surface area contributed by atoms with Gasteiger partial charge in [-0.15, -0.1) is 0 Å². The lowest BCUT2D eigenvalue weighted by atomic mass is 10.1. The van der Waals surface area contributed by atoms with Gasteiger partial charge in [-0.3, -0.25) is 24.1 Å². The van der Waals surface area contributed by atoms with Crippen molar-refractivity contribution < 1.29 is 29.4 Å². The summed E-state index contributed by atoms with van der Waals surface area (Å²) in [7, 11) is 2.07. The van der Waals surface area contributed by atoms with Crippen LogP contribution in [0.15, 0.2) is 18.2 Å². The highest BCUT2D eigenvalue weighted by Crippen LogP contribution is 2.28. The number of imidazole rings is 1. The number of benzene rings is 1. The van der Waals surface area contributed by atoms with Crippen molar-refractivity contribution in [2.24, 2.45) is 5.92 Å². The van der Waals surface area contributed by atoms with E-state index >= 15 is 0 Å². The molecule has 35 heavy (non-hydrogen) atoms. The van der Waals surface area contributed by atoms with Crippen LogP contribution in [-0.4, -0.2) is 82.1 Å². The number of fused-ring (bicyclic) bond motifs is 1. The SMILES string of the molecule is Cc1nc2ccc(CC(=O)NC[C@@H]3CC[C@H](CC(=O)NCC4CC4)N3C)cc2[nH]1.O=CO.O=CO. The average Bonchev–Trinajstić information content (AvgIpc) is 3.48. The van der Waals surface area contributed by atoms with Crippen LogP contribution in [-0.2, 0) is 25.6 Å². The van der Waals surface area contributed by atoms with Gasteiger partial charge < -0.3 is 25.8 Å². The molecule has 1 aromatic heterocycles. The first-order chi connectivity index (χ1) is 16.8. The number of likely N-dealkylation sites (tertiary alicyclic amines) is 1. The number of nitrogens with zero attached hydrogens (tertiary/aromatic N) is 2. The van der Waals surface area contributed by atoms with Gasteiger partial charge in [-0.2, -0.15) is 0 Å². The molecule has 0 unspecified atom stereocenters. The highest BCUT2D eigenvalue weighted by Gasteiger charge is 2.32. The summed E-state index contributed by atoms with van der Waals surface area (Å²) >= 11 is 0. The van der Waals surface area contributed by atoms with Crippen molar-refractivity contribution >= 4 is 35.8 Å². The van der Waals surface area contributed by atoms with Crippen molar-refractivity contribution in [2.75, 3.05) is 20.1 Å². The third-order valence-electron chi connectivity index (χ3n) is 6.26. The first-order valence-corrected chi connectivity index (χ1v) is 11.7. The molecular weight excluding hydrogens is 454 g/mol. The Morgan fingerprint density at radius 2 is 1.69 bits per heavy atom. The van der Waals surface area contributed by atoms with Crippen molar-refractivity contribution in [2.45, 2.75) is 57.5 Å². The fourth-order valence-corrected chi connectivity index (χ4v) is 4.22. The van der Waals surface area contributed by atoms with Crippen LogP contribution in [0.1, 0.15) is 43.5 Å². The zero-order valence-corrected chi connectivity index (χ0v) is 20.2. The molecule has 4 rings (SSSR count). The molecule has 1 aliphatic heterocycles. The number of carbonyl (C=O) groups is 4. The highest BCUT2D eigenvalue weighted by molar-refractivity contribution is 5.81. The van der Waals surface area contributed by atoms with Crippen LogP contribution in [0.3, 0.4) is 0 Å². The van der Waals surface area contributed by atoms with Crippen molar-refractivity contribution in [1.29, 1.82) is 0 Å². The molecule has 0 radical (unpaired) electrons. The number of amides is 2. The van der Waals surface area contributed by atoms with Gasteiger partial charge >= 0.3 is 0 Å². The van der Waals surface area contributed by atoms with E-state index < -0.39 is 0 Å². The van der Waals surface area contributed by atoms with Crippen molar-refractivity contribution in [3.05, 3.63) is 29.6 Å². The van der Waals surface area contributed by atoms with E-state index in [4.69, 9.17) is 19.8 Å². The summed E-state index contributed by atoms with van der Waals surface area (Å²) in [5.74, 6) is 1.77. The number of likely N-dealkylation sites (N-methyl/N-ethyl adjacent to an activating group) is 1. The Bertz CT molecular complexity index is 984. The molecule has 1 saturated carbocycles. The number of carboxylic acid groups (broad SMARTS) is 2. The topological polar surface area (TPSA) is 165 Å². The minimum absolute atomic E-state index is 0.0274. The van der Waals surface area contributed by atoms with E-state index in [1.54, 1.807) is 0 Å². The Morgan fingerprint density at radius 1 is 1.06 bits per heavy atom. The third-order valence-corrected chi connectivity index (χ3v) is 6.26. The number of hydrogen-bond donors (Lipinski definition) is 5. The van der Waals surface area contributed by atoms with Crippen LogP contribution in [0.2, 0.25) is 0 Å². The molecule has 11 heteroatoms. The van der Waals surface area contributed by atoms with Crippen LogP contribution in [0.25, 0.3) is 11.0 Å². The molecule has 0 spiro atoms. The Balaban J connectivity index is 0.000000655. The predicted octanol–water partition coefficient (Wildman–Crippen LogP) is 1.31. The summed E-state index contributed by atoms with van der Waals surface area (Å²) in [6.07, 6.45) is 5.43. The van der Waals surface area contributed by atoms with E-state index in [0.29, 0.717) is 25.3 Å². The number of aromatic nitrogens is 2. The van der Waals surface area contributed by atoms with E-state index in [2.05, 4.69) is 32.5 Å². The van der Waals surface area contributed by atoms with Crippen molar-refractivity contribution in [3.8, 4) is 0 Å². The van der Waals surface area contributed by atoms with Gasteiger partial charge in [-0.25, -0.2) is 4.98 Å². The Morgan fingerprint density at radius 3 is 2.34 bits per heavy atom. The maximum absolute atomic E-state index is 12.4. The second-order valence-electron chi connectivity index (χ2n) is 8.87. The largest absolute Gasteiger partial charge is 0.483 e. The Kier molecular flexibility index (Phi) is 11.1. The number of carbonyl (C=O) groups excluding carboxylic acids is 2. The maximum Gasteiger partial charge on any atom is 0.290 e. The molecule has 2 aromatic rings. The zero-order chi connectivity index (χ0) is 25.8. The number of H-pyrrole nitrogens is 1. The van der Waals surface area contributed by atoms with Gasteiger partial charge in [0.25, 0.3) is 12.9 Å². The fourth-order valence-electron chi connectivity index (χ4n) is 4.22. The van der Waals surface area contributed by atoms with Gasteiger partial charge in [0.1, 0.15) is 5.82 Å². The van der Waals surface area contributed by atoms with Crippen molar-refractivity contribution in [1.82, 2.24) is 25.5 Å². The molecule has 2 heterocycles. The summed E-state index contributed by atoms with van der Waals surface area (Å²) < 4.78 is 0. The number of nitrogens with one attached hydrogen (secondary N) is 3. The van der Waals surface area contributed by atoms with Gasteiger partial charge in [-0.05, 0) is 63.3 Å². The van der Waals surface area contributed by atoms with E-state index in [9.17, 15) is 9.59 Å². The summed E-state index contributed by atoms with van der Waals surface area (Å²) in [6, 6.07) is 6.46. The Hall–Kier alpha value is -3.47. The minimum atomic E-state index is -0.250. The van der Waals surface area contributed by atoms with Crippen molar-refractivity contribution in [3.63, 3.8) is 0 Å². The predicted molar refractivity (Wildman–Crippen MR) is 130 cm³/mol. The van der Waals surface area contributed by atoms with Crippen LogP contribution in [0, 0.1) is 12.8 Å². The van der Waals surface area contributed by atoms with Gasteiger partial charge in [0.2, 0.25) is 11.8 Å². The first-order valence-electron chi connectivity index (χ1n) is 11.7. The molecule has 11 nitrogen and oxygen atoms in total. The number of aromatic amines is 1. The fraction of sp³-hybridized carbons (Fsp3) is 0.542. The van der Waals surface area contributed by atoms with Gasteiger partial charge in [0.05, 0.1) is 17.5 Å². The van der Waals surface area contributed by atoms with E-state index in [1.807, 2.05) is 25.1 Å². The summed E-state index contributed by atoms with van der Waals surface area (Å²) in [4.78, 5) is 51.1. The quantitative estimate of drug-likeness (QED) is 0.346. The van der Waals surface area contributed by atoms with E-state index in [1.165, 1.54) is 12.8 Å². The molecule has 5 N–H and O–H groups in total. The third kappa shape index (κ3) is 9.36. The van der Waals surface area contributed by atoms with Crippen LogP contribution >= 0.6 is 0 Å². The molecule has 2 amide bonds. The number of aryl methyl sites for hydroxylation is 1. The molecule has 0 bridgehead atoms. The van der Waals surface area contributed by atoms with E-state index in [-0.39, 0.29) is 36.8 Å². The first kappa shape index (κ1) is 27.8. The monoisotopic (exact) mass is 489 g/mol. The van der Waals surface area contributed by atoms with Gasteiger partial charge in [0.15, 0.2) is 0 Å². The lowest BCUT2D eigenvalue weighted by Gasteiger charge is -2.25. The molecule has 1 saturated heterocycles. The molecular formula is C24H35N5O6. The van der Waals surface area contributed by atoms with Crippen LogP contribution < -0.4 is 10.6 Å². The highest BCUT2D eigenvalue weighted by atomic mass is 16.3. The summed E-state index contributed by atoms with van der Waals surface area (Å²) in [5.41, 5.74) is 2.86. The van der Waals surface area contributed by atoms with Gasteiger partial charge in [0, 0.05) is 31.6 Å². The Labute approximate surface area is 204 Å². The lowest BCUT2D eigenvalue weighted by molar-refractivity contribution is -0.123. The smallest absolute Gasteiger partial charge is 0.290 e. The molecule has 1 aromatic carbocycles. The molecule has 2 aliphatic rings. The van der Waals surface area contributed by atoms with Crippen LogP contribution in [0.4, 0.5) is 0 Å². The normalized spacial score (nSPS) is 19.0. The average molecular weight is 490 g/mol. The standard InChI is InChI=1S/C22H31N5O2.2CH2O2/c1-14-25-19-8-5-16(9-20(19)26-14)10-21(28)24-13-18-7-6-17(27(18)2)11-22(29)23-12-15-3-4-15;2*2-1-3/h5,8-9,15,17-18H,3-4,6-7,10-13H2,1-2H3,(H,23,29)(H,24,28)(H,25,26);2*1H,(H,2,3)/t17-,18+;;/m1../s1. The lowest BCUT2D eigenvalue weighted by Crippen LogP contribution is -2.42. The van der Waals surface area contributed by atoms with Gasteiger partial charge in [-0.1, -0.05) is 6.07 Å². The second-order valence-corrected chi connectivity index (χ2v) is 8.87. The number of rotatable bonds is 8. The minimum Gasteiger partial charge on any atom is -0.483 e.